The number of likely N-dealkylation sites (N-methyl/N-ethyl adjacent to an activating group) is 1. The predicted molar refractivity (Wildman–Crippen MR) is 203 cm³/mol. The number of hydrogen-bond acceptors (Lipinski definition) is 17. The first kappa shape index (κ1) is 43.1. The molecule has 59 heavy (non-hydrogen) atoms. The summed E-state index contributed by atoms with van der Waals surface area (Å²) in [4.78, 5) is 55.1. The Hall–Kier alpha value is -4.04. The standard InChI is InChI=1S/C42H53NO16/c1-8-42(52)16-28(33-21(35(42)41(51)53-7)13-23-34(38(33)50)37(49)32-22(36(23)48)11-20(44)12-26(32)46)57-30-14-24(43(5)6)39(18(3)55-30)59-31-15-27(47)40(19(4)56-31)58-29-10-9-25(45)17(2)54-29/h11-13,17-19,24,27-31,35,39-40,44,46-47,50,52H,8-10,14-16H2,1-7H3/t17?,18?,19?,24?,27?,28-,29?,30?,31?,35-,39?,40?,42+/m0/s1. The normalized spacial score (nSPS) is 35.9. The molecule has 3 aliphatic heterocycles. The zero-order valence-electron chi connectivity index (χ0n) is 34.1. The van der Waals surface area contributed by atoms with Crippen molar-refractivity contribution in [3.63, 3.8) is 0 Å². The molecule has 0 aromatic heterocycles. The van der Waals surface area contributed by atoms with Crippen LogP contribution >= 0.6 is 0 Å². The SMILES string of the molecule is CC[C@@]1(O)C[C@H](OC2CC(N(C)C)C(OC3CC(O)C(OC4CCC(=O)C(C)O4)C(C)O3)C(C)O2)c2c(cc3c(c2O)C(=O)c2c(O)cc(O)cc2C3=O)[C@H]1C(=O)OC. The lowest BCUT2D eigenvalue weighted by molar-refractivity contribution is -0.324. The summed E-state index contributed by atoms with van der Waals surface area (Å²) in [6, 6.07) is 2.86. The van der Waals surface area contributed by atoms with Crippen LogP contribution in [0.2, 0.25) is 0 Å². The molecule has 2 aromatic rings. The van der Waals surface area contributed by atoms with Crippen LogP contribution in [0.25, 0.3) is 0 Å². The zero-order valence-corrected chi connectivity index (χ0v) is 34.1. The van der Waals surface area contributed by atoms with Crippen molar-refractivity contribution >= 4 is 23.3 Å². The molecule has 0 saturated carbocycles. The molecule has 2 aliphatic carbocycles. The summed E-state index contributed by atoms with van der Waals surface area (Å²) in [5.74, 6) is -5.71. The molecule has 5 aliphatic rings. The minimum absolute atomic E-state index is 0.000624. The van der Waals surface area contributed by atoms with Crippen LogP contribution in [0.3, 0.4) is 0 Å². The lowest BCUT2D eigenvalue weighted by Gasteiger charge is -2.48. The summed E-state index contributed by atoms with van der Waals surface area (Å²) in [5, 5.41) is 56.0. The number of rotatable bonds is 9. The highest BCUT2D eigenvalue weighted by Crippen LogP contribution is 2.54. The number of nitrogens with zero attached hydrogens (tertiary/aromatic N) is 1. The second-order valence-electron chi connectivity index (χ2n) is 16.5. The number of hydrogen-bond donors (Lipinski definition) is 5. The molecule has 0 amide bonds. The molecule has 5 N–H and O–H groups in total. The molecular weight excluding hydrogens is 774 g/mol. The minimum Gasteiger partial charge on any atom is -0.508 e. The molecule has 0 spiro atoms. The van der Waals surface area contributed by atoms with Crippen molar-refractivity contribution in [2.45, 2.75) is 145 Å². The molecule has 17 nitrogen and oxygen atoms in total. The fourth-order valence-corrected chi connectivity index (χ4v) is 9.33. The molecule has 3 saturated heterocycles. The quantitative estimate of drug-likeness (QED) is 0.195. The fourth-order valence-electron chi connectivity index (χ4n) is 9.33. The first-order chi connectivity index (χ1) is 27.9. The Balaban J connectivity index is 1.14. The van der Waals surface area contributed by atoms with Gasteiger partial charge in [0.25, 0.3) is 0 Å². The summed E-state index contributed by atoms with van der Waals surface area (Å²) in [6.07, 6.45) is -6.94. The van der Waals surface area contributed by atoms with E-state index >= 15 is 0 Å². The van der Waals surface area contributed by atoms with Crippen molar-refractivity contribution in [2.24, 2.45) is 0 Å². The highest BCUT2D eigenvalue weighted by molar-refractivity contribution is 6.30. The van der Waals surface area contributed by atoms with Crippen LogP contribution in [0.5, 0.6) is 17.2 Å². The van der Waals surface area contributed by atoms with Gasteiger partial charge in [0.15, 0.2) is 30.4 Å². The Morgan fingerprint density at radius 2 is 1.51 bits per heavy atom. The maximum absolute atomic E-state index is 13.9. The Labute approximate surface area is 341 Å². The number of fused-ring (bicyclic) bond motifs is 3. The minimum atomic E-state index is -1.80. The summed E-state index contributed by atoms with van der Waals surface area (Å²) in [7, 11) is 4.86. The highest BCUT2D eigenvalue weighted by Gasteiger charge is 2.54. The first-order valence-electron chi connectivity index (χ1n) is 20.0. The maximum Gasteiger partial charge on any atom is 0.316 e. The number of Topliss-reactive ketones (excluding diaryl/α,β-unsaturated/α-hetero) is 1. The van der Waals surface area contributed by atoms with Crippen LogP contribution in [-0.4, -0.2) is 142 Å². The van der Waals surface area contributed by atoms with Crippen molar-refractivity contribution in [1.29, 1.82) is 0 Å². The lowest BCUT2D eigenvalue weighted by Crippen LogP contribution is -2.58. The van der Waals surface area contributed by atoms with E-state index in [9.17, 15) is 44.7 Å². The van der Waals surface area contributed by atoms with Gasteiger partial charge in [-0.15, -0.1) is 0 Å². The van der Waals surface area contributed by atoms with Gasteiger partial charge >= 0.3 is 5.97 Å². The van der Waals surface area contributed by atoms with Crippen molar-refractivity contribution in [3.05, 3.63) is 51.6 Å². The molecule has 7 rings (SSSR count). The molecular formula is C42H53NO16. The van der Waals surface area contributed by atoms with Gasteiger partial charge < -0.3 is 63.6 Å². The van der Waals surface area contributed by atoms with Gasteiger partial charge in [-0.3, -0.25) is 19.2 Å². The smallest absolute Gasteiger partial charge is 0.316 e. The maximum atomic E-state index is 13.9. The van der Waals surface area contributed by atoms with E-state index < -0.39 is 119 Å². The van der Waals surface area contributed by atoms with Crippen LogP contribution in [0, 0.1) is 0 Å². The number of ether oxygens (including phenoxy) is 7. The zero-order chi connectivity index (χ0) is 42.8. The summed E-state index contributed by atoms with van der Waals surface area (Å²) < 4.78 is 42.6. The Kier molecular flexibility index (Phi) is 12.0. The van der Waals surface area contributed by atoms with E-state index in [1.54, 1.807) is 27.7 Å². The van der Waals surface area contributed by atoms with Crippen LogP contribution < -0.4 is 0 Å². The van der Waals surface area contributed by atoms with Gasteiger partial charge in [-0.05, 0) is 59.0 Å². The Morgan fingerprint density at radius 3 is 2.14 bits per heavy atom. The van der Waals surface area contributed by atoms with Crippen LogP contribution in [0.4, 0.5) is 0 Å². The molecule has 2 aromatic carbocycles. The molecule has 17 heteroatoms. The number of methoxy groups -OCH3 is 1. The molecule has 0 radical (unpaired) electrons. The Morgan fingerprint density at radius 1 is 0.864 bits per heavy atom. The van der Waals surface area contributed by atoms with Crippen LogP contribution in [0.15, 0.2) is 18.2 Å². The van der Waals surface area contributed by atoms with E-state index in [2.05, 4.69) is 0 Å². The fraction of sp³-hybridized carbons (Fsp3) is 0.619. The van der Waals surface area contributed by atoms with Gasteiger partial charge in [-0.2, -0.15) is 0 Å². The van der Waals surface area contributed by atoms with Crippen molar-refractivity contribution in [3.8, 4) is 17.2 Å². The van der Waals surface area contributed by atoms with E-state index in [-0.39, 0.29) is 59.8 Å². The number of phenols is 3. The number of benzene rings is 2. The number of aliphatic hydroxyl groups excluding tert-OH is 1. The van der Waals surface area contributed by atoms with E-state index in [1.165, 1.54) is 6.07 Å². The van der Waals surface area contributed by atoms with Crippen molar-refractivity contribution < 1.29 is 77.9 Å². The van der Waals surface area contributed by atoms with Gasteiger partial charge in [0.1, 0.15) is 41.5 Å². The Bertz CT molecular complexity index is 1990. The predicted octanol–water partition coefficient (Wildman–Crippen LogP) is 2.86. The number of aromatic hydroxyl groups is 3. The van der Waals surface area contributed by atoms with Gasteiger partial charge in [-0.25, -0.2) is 0 Å². The average Bonchev–Trinajstić information content (AvgIpc) is 3.16. The van der Waals surface area contributed by atoms with E-state index in [0.717, 1.165) is 19.2 Å². The molecule has 3 heterocycles. The van der Waals surface area contributed by atoms with Gasteiger partial charge in [0, 0.05) is 60.9 Å². The van der Waals surface area contributed by atoms with Gasteiger partial charge in [0.2, 0.25) is 5.78 Å². The number of carbonyl (C=O) groups is 4. The molecule has 322 valence electrons. The number of ketones is 3. The monoisotopic (exact) mass is 827 g/mol. The van der Waals surface area contributed by atoms with Crippen molar-refractivity contribution in [1.82, 2.24) is 4.90 Å². The first-order valence-corrected chi connectivity index (χ1v) is 20.0. The van der Waals surface area contributed by atoms with Crippen LogP contribution in [0.1, 0.15) is 121 Å². The number of carbonyl (C=O) groups excluding carboxylic acids is 4. The molecule has 0 bridgehead atoms. The molecule has 3 fully saturated rings. The van der Waals surface area contributed by atoms with E-state index in [4.69, 9.17) is 33.2 Å². The highest BCUT2D eigenvalue weighted by atomic mass is 16.7. The second kappa shape index (κ2) is 16.4. The van der Waals surface area contributed by atoms with Crippen LogP contribution in [-0.2, 0) is 42.7 Å². The third kappa shape index (κ3) is 7.77. The summed E-state index contributed by atoms with van der Waals surface area (Å²) >= 11 is 0. The lowest BCUT2D eigenvalue weighted by atomic mass is 9.67. The van der Waals surface area contributed by atoms with E-state index in [1.807, 2.05) is 19.0 Å². The summed E-state index contributed by atoms with van der Waals surface area (Å²) in [6.45, 7) is 6.90. The average molecular weight is 828 g/mol. The number of esters is 1. The molecule has 10 unspecified atom stereocenters. The number of aliphatic hydroxyl groups is 2. The van der Waals surface area contributed by atoms with Gasteiger partial charge in [0.05, 0.1) is 48.3 Å². The van der Waals surface area contributed by atoms with Crippen molar-refractivity contribution in [2.75, 3.05) is 21.2 Å². The second-order valence-corrected chi connectivity index (χ2v) is 16.5. The van der Waals surface area contributed by atoms with Gasteiger partial charge in [-0.1, -0.05) is 6.92 Å². The summed E-state index contributed by atoms with van der Waals surface area (Å²) in [5.41, 5.74) is -3.22. The number of phenolic OH excluding ortho intramolecular Hbond substituents is 3. The third-order valence-corrected chi connectivity index (χ3v) is 12.5. The topological polar surface area (TPSA) is 237 Å². The largest absolute Gasteiger partial charge is 0.508 e. The molecule has 13 atom stereocenters. The third-order valence-electron chi connectivity index (χ3n) is 12.5. The van der Waals surface area contributed by atoms with E-state index in [0.29, 0.717) is 12.8 Å².